The highest BCUT2D eigenvalue weighted by Crippen LogP contribution is 2.37. The summed E-state index contributed by atoms with van der Waals surface area (Å²) >= 11 is 0. The third-order valence-corrected chi connectivity index (χ3v) is 6.52. The zero-order chi connectivity index (χ0) is 25.2. The number of nitrogen functional groups attached to an aromatic ring is 1. The van der Waals surface area contributed by atoms with E-state index in [4.69, 9.17) is 10.7 Å². The minimum atomic E-state index is -0.249. The number of nitrogens with zero attached hydrogens (tertiary/aromatic N) is 5. The molecule has 182 valence electrons. The Morgan fingerprint density at radius 1 is 1.17 bits per heavy atom. The van der Waals surface area contributed by atoms with Crippen LogP contribution in [-0.4, -0.2) is 42.6 Å². The number of imidazole rings is 1. The van der Waals surface area contributed by atoms with E-state index in [1.165, 1.54) is 6.08 Å². The zero-order valence-corrected chi connectivity index (χ0v) is 20.0. The molecule has 5 rings (SSSR count). The Hall–Kier alpha value is -4.53. The summed E-state index contributed by atoms with van der Waals surface area (Å²) in [6.07, 6.45) is 9.17. The third kappa shape index (κ3) is 4.19. The van der Waals surface area contributed by atoms with Crippen molar-refractivity contribution in [3.05, 3.63) is 84.6 Å². The van der Waals surface area contributed by atoms with E-state index >= 15 is 0 Å². The van der Waals surface area contributed by atoms with E-state index in [1.807, 2.05) is 40.6 Å². The number of anilines is 2. The van der Waals surface area contributed by atoms with Gasteiger partial charge in [-0.25, -0.2) is 15.0 Å². The second kappa shape index (κ2) is 9.61. The number of nitrogens with one attached hydrogen (secondary N) is 1. The summed E-state index contributed by atoms with van der Waals surface area (Å²) in [6, 6.07) is 10.6. The molecule has 0 aliphatic carbocycles. The number of aryl methyl sites for hydroxylation is 1. The fourth-order valence-electron chi connectivity index (χ4n) is 4.79. The van der Waals surface area contributed by atoms with Gasteiger partial charge in [-0.2, -0.15) is 0 Å². The lowest BCUT2D eigenvalue weighted by Crippen LogP contribution is -2.38. The summed E-state index contributed by atoms with van der Waals surface area (Å²) in [6.45, 7) is 6.25. The Balaban J connectivity index is 1.56. The number of likely N-dealkylation sites (tertiary alicyclic amines) is 1. The molecule has 1 saturated heterocycles. The number of amides is 2. The molecule has 4 heterocycles. The van der Waals surface area contributed by atoms with E-state index in [0.717, 1.165) is 36.2 Å². The second-order valence-electron chi connectivity index (χ2n) is 8.80. The lowest BCUT2D eigenvalue weighted by atomic mass is 10.0. The largest absolute Gasteiger partial charge is 0.382 e. The van der Waals surface area contributed by atoms with Crippen molar-refractivity contribution in [1.82, 2.24) is 24.3 Å². The normalized spacial score (nSPS) is 15.6. The van der Waals surface area contributed by atoms with Gasteiger partial charge in [0.05, 0.1) is 6.04 Å². The van der Waals surface area contributed by atoms with Crippen LogP contribution < -0.4 is 11.1 Å². The molecule has 9 heteroatoms. The molecular weight excluding hydrogens is 454 g/mol. The highest BCUT2D eigenvalue weighted by atomic mass is 16.2. The maximum absolute atomic E-state index is 12.8. The van der Waals surface area contributed by atoms with Gasteiger partial charge in [0.25, 0.3) is 5.91 Å². The molecular formula is C27H27N7O2. The number of carbonyl (C=O) groups is 2. The topological polar surface area (TPSA) is 119 Å². The van der Waals surface area contributed by atoms with Gasteiger partial charge in [-0.3, -0.25) is 14.0 Å². The molecule has 36 heavy (non-hydrogen) atoms. The van der Waals surface area contributed by atoms with Gasteiger partial charge >= 0.3 is 0 Å². The number of fused-ring (bicyclic) bond motifs is 1. The summed E-state index contributed by atoms with van der Waals surface area (Å²) in [4.78, 5) is 40.7. The minimum absolute atomic E-state index is 0.112. The van der Waals surface area contributed by atoms with E-state index < -0.39 is 0 Å². The lowest BCUT2D eigenvalue weighted by molar-refractivity contribution is -0.129. The Morgan fingerprint density at radius 2 is 2.03 bits per heavy atom. The van der Waals surface area contributed by atoms with Crippen LogP contribution in [0.25, 0.3) is 16.8 Å². The van der Waals surface area contributed by atoms with Crippen LogP contribution in [0.1, 0.15) is 47.1 Å². The van der Waals surface area contributed by atoms with Crippen LogP contribution in [0.2, 0.25) is 0 Å². The van der Waals surface area contributed by atoms with Crippen LogP contribution >= 0.6 is 0 Å². The molecule has 0 saturated carbocycles. The summed E-state index contributed by atoms with van der Waals surface area (Å²) < 4.78 is 1.93. The molecule has 0 bridgehead atoms. The molecule has 2 amide bonds. The number of hydrogen-bond acceptors (Lipinski definition) is 6. The molecule has 1 aliphatic heterocycles. The first-order chi connectivity index (χ1) is 17.5. The van der Waals surface area contributed by atoms with Gasteiger partial charge in [0, 0.05) is 36.3 Å². The number of hydrogen-bond donors (Lipinski definition) is 2. The first-order valence-electron chi connectivity index (χ1n) is 11.9. The summed E-state index contributed by atoms with van der Waals surface area (Å²) in [7, 11) is 0. The Bertz CT molecular complexity index is 1460. The predicted molar refractivity (Wildman–Crippen MR) is 138 cm³/mol. The van der Waals surface area contributed by atoms with Crippen molar-refractivity contribution in [2.45, 2.75) is 32.2 Å². The van der Waals surface area contributed by atoms with Crippen molar-refractivity contribution < 1.29 is 9.59 Å². The van der Waals surface area contributed by atoms with E-state index in [9.17, 15) is 9.59 Å². The molecule has 3 aromatic heterocycles. The number of benzene rings is 1. The number of nitrogens with two attached hydrogens (primary N) is 1. The lowest BCUT2D eigenvalue weighted by Gasteiger charge is -2.34. The average Bonchev–Trinajstić information content (AvgIpc) is 3.29. The standard InChI is InChI=1S/C27H27N7O2/c1-3-22(35)33-14-7-5-8-20(33)26-32-23(24-25(28)30-13-15-34(24)26)19-11-10-18(16-17(19)2)27(36)31-21-9-4-6-12-29-21/h3-4,6,9-13,15-16,20H,1,5,7-8,14H2,2H3,(H2,28,30)(H,29,31,36). The molecule has 1 fully saturated rings. The van der Waals surface area contributed by atoms with Crippen LogP contribution in [0.5, 0.6) is 0 Å². The van der Waals surface area contributed by atoms with E-state index in [1.54, 1.807) is 30.6 Å². The number of piperidine rings is 1. The number of rotatable bonds is 5. The predicted octanol–water partition coefficient (Wildman–Crippen LogP) is 4.17. The zero-order valence-electron chi connectivity index (χ0n) is 20.0. The van der Waals surface area contributed by atoms with Gasteiger partial charge in [-0.05, 0) is 62.1 Å². The van der Waals surface area contributed by atoms with Crippen LogP contribution in [0, 0.1) is 6.92 Å². The van der Waals surface area contributed by atoms with Crippen LogP contribution in [-0.2, 0) is 4.79 Å². The van der Waals surface area contributed by atoms with Gasteiger partial charge in [-0.15, -0.1) is 0 Å². The van der Waals surface area contributed by atoms with E-state index in [0.29, 0.717) is 35.0 Å². The molecule has 9 nitrogen and oxygen atoms in total. The van der Waals surface area contributed by atoms with Crippen LogP contribution in [0.3, 0.4) is 0 Å². The fraction of sp³-hybridized carbons (Fsp3) is 0.222. The molecule has 1 atom stereocenters. The quantitative estimate of drug-likeness (QED) is 0.413. The smallest absolute Gasteiger partial charge is 0.256 e. The second-order valence-corrected chi connectivity index (χ2v) is 8.80. The minimum Gasteiger partial charge on any atom is -0.382 e. The summed E-state index contributed by atoms with van der Waals surface area (Å²) in [5.74, 6) is 1.21. The van der Waals surface area contributed by atoms with Gasteiger partial charge in [0.1, 0.15) is 28.7 Å². The van der Waals surface area contributed by atoms with Crippen LogP contribution in [0.15, 0.2) is 67.6 Å². The SMILES string of the molecule is C=CC(=O)N1CCCCC1c1nc(-c2ccc(C(=O)Nc3ccccn3)cc2C)c2c(N)nccn12. The van der Waals surface area contributed by atoms with Crippen molar-refractivity contribution in [3.63, 3.8) is 0 Å². The van der Waals surface area contributed by atoms with Crippen molar-refractivity contribution in [1.29, 1.82) is 0 Å². The van der Waals surface area contributed by atoms with Gasteiger partial charge < -0.3 is 16.0 Å². The van der Waals surface area contributed by atoms with Gasteiger partial charge in [0.2, 0.25) is 5.91 Å². The Morgan fingerprint density at radius 3 is 2.78 bits per heavy atom. The number of carbonyl (C=O) groups excluding carboxylic acids is 2. The van der Waals surface area contributed by atoms with E-state index in [-0.39, 0.29) is 17.9 Å². The monoisotopic (exact) mass is 481 g/mol. The molecule has 0 radical (unpaired) electrons. The van der Waals surface area contributed by atoms with Crippen LogP contribution in [0.4, 0.5) is 11.6 Å². The molecule has 1 unspecified atom stereocenters. The maximum Gasteiger partial charge on any atom is 0.256 e. The highest BCUT2D eigenvalue weighted by Gasteiger charge is 2.31. The first-order valence-corrected chi connectivity index (χ1v) is 11.9. The molecule has 3 N–H and O–H groups in total. The molecule has 1 aromatic carbocycles. The molecule has 4 aromatic rings. The van der Waals surface area contributed by atoms with Crippen molar-refractivity contribution in [2.75, 3.05) is 17.6 Å². The average molecular weight is 482 g/mol. The Labute approximate surface area is 208 Å². The van der Waals surface area contributed by atoms with Crippen molar-refractivity contribution in [2.24, 2.45) is 0 Å². The van der Waals surface area contributed by atoms with E-state index in [2.05, 4.69) is 21.9 Å². The van der Waals surface area contributed by atoms with Gasteiger partial charge in [0.15, 0.2) is 0 Å². The van der Waals surface area contributed by atoms with Crippen molar-refractivity contribution in [3.8, 4) is 11.3 Å². The highest BCUT2D eigenvalue weighted by molar-refractivity contribution is 6.04. The van der Waals surface area contributed by atoms with Crippen molar-refractivity contribution >= 4 is 29.0 Å². The summed E-state index contributed by atoms with van der Waals surface area (Å²) in [5.41, 5.74) is 9.89. The fourth-order valence-corrected chi connectivity index (χ4v) is 4.79. The Kier molecular flexibility index (Phi) is 6.20. The summed E-state index contributed by atoms with van der Waals surface area (Å²) in [5, 5.41) is 2.81. The number of aromatic nitrogens is 4. The third-order valence-electron chi connectivity index (χ3n) is 6.52. The number of pyridine rings is 1. The van der Waals surface area contributed by atoms with Gasteiger partial charge in [-0.1, -0.05) is 18.7 Å². The maximum atomic E-state index is 12.8. The molecule has 0 spiro atoms. The first kappa shape index (κ1) is 23.2. The molecule has 1 aliphatic rings.